The summed E-state index contributed by atoms with van der Waals surface area (Å²) in [7, 11) is 1.62. The lowest BCUT2D eigenvalue weighted by atomic mass is 10.1. The van der Waals surface area contributed by atoms with Crippen LogP contribution >= 0.6 is 11.6 Å². The molecule has 2 saturated heterocycles. The fourth-order valence-electron chi connectivity index (χ4n) is 4.05. The van der Waals surface area contributed by atoms with Gasteiger partial charge in [0.25, 0.3) is 0 Å². The fraction of sp³-hybridized carbons (Fsp3) is 0.350. The molecule has 0 saturated carbocycles. The van der Waals surface area contributed by atoms with E-state index >= 15 is 0 Å². The summed E-state index contributed by atoms with van der Waals surface area (Å²) in [6.07, 6.45) is 1.84. The van der Waals surface area contributed by atoms with Crippen LogP contribution in [0.5, 0.6) is 5.75 Å². The maximum atomic E-state index is 13.2. The summed E-state index contributed by atoms with van der Waals surface area (Å²) in [4.78, 5) is 17.4. The van der Waals surface area contributed by atoms with Crippen LogP contribution in [-0.4, -0.2) is 30.5 Å². The van der Waals surface area contributed by atoms with Crippen molar-refractivity contribution in [2.75, 3.05) is 18.6 Å². The molecule has 5 heteroatoms. The SMILES string of the molecule is COc1ccc(Cl)cc1N1C(=O)[C@@H]2CCCN2[C@H]1c1cccc(C)c1. The van der Waals surface area contributed by atoms with Crippen LogP contribution in [0.3, 0.4) is 0 Å². The number of hydrogen-bond donors (Lipinski definition) is 0. The van der Waals surface area contributed by atoms with Gasteiger partial charge in [-0.15, -0.1) is 0 Å². The Morgan fingerprint density at radius 2 is 2.04 bits per heavy atom. The lowest BCUT2D eigenvalue weighted by molar-refractivity contribution is -0.119. The van der Waals surface area contributed by atoms with Crippen molar-refractivity contribution in [2.45, 2.75) is 32.0 Å². The van der Waals surface area contributed by atoms with E-state index in [2.05, 4.69) is 30.0 Å². The molecular weight excluding hydrogens is 336 g/mol. The molecule has 0 aromatic heterocycles. The van der Waals surface area contributed by atoms with Gasteiger partial charge in [0, 0.05) is 11.6 Å². The minimum absolute atomic E-state index is 0.0609. The largest absolute Gasteiger partial charge is 0.495 e. The number of benzene rings is 2. The third-order valence-electron chi connectivity index (χ3n) is 5.12. The molecule has 0 bridgehead atoms. The molecule has 2 heterocycles. The smallest absolute Gasteiger partial charge is 0.246 e. The molecule has 25 heavy (non-hydrogen) atoms. The zero-order valence-electron chi connectivity index (χ0n) is 14.4. The van der Waals surface area contributed by atoms with Gasteiger partial charge < -0.3 is 4.74 Å². The molecule has 2 aliphatic heterocycles. The van der Waals surface area contributed by atoms with Gasteiger partial charge in [-0.05, 0) is 43.5 Å². The predicted molar refractivity (Wildman–Crippen MR) is 99.1 cm³/mol. The van der Waals surface area contributed by atoms with Crippen LogP contribution in [0.1, 0.15) is 30.1 Å². The molecule has 2 fully saturated rings. The highest BCUT2D eigenvalue weighted by atomic mass is 35.5. The van der Waals surface area contributed by atoms with Gasteiger partial charge in [-0.1, -0.05) is 41.4 Å². The summed E-state index contributed by atoms with van der Waals surface area (Å²) < 4.78 is 5.52. The van der Waals surface area contributed by atoms with Crippen molar-refractivity contribution in [2.24, 2.45) is 0 Å². The first-order valence-electron chi connectivity index (χ1n) is 8.59. The molecule has 0 unspecified atom stereocenters. The molecule has 2 atom stereocenters. The molecule has 2 aliphatic rings. The molecule has 2 aromatic rings. The fourth-order valence-corrected chi connectivity index (χ4v) is 4.22. The summed E-state index contributed by atoms with van der Waals surface area (Å²) >= 11 is 6.23. The average Bonchev–Trinajstić information content (AvgIpc) is 3.17. The molecule has 2 aromatic carbocycles. The second-order valence-electron chi connectivity index (χ2n) is 6.71. The summed E-state index contributed by atoms with van der Waals surface area (Å²) in [5.74, 6) is 0.793. The Hall–Kier alpha value is -2.04. The lowest BCUT2D eigenvalue weighted by Gasteiger charge is -2.31. The number of methoxy groups -OCH3 is 1. The third kappa shape index (κ3) is 2.70. The highest BCUT2D eigenvalue weighted by molar-refractivity contribution is 6.31. The first-order chi connectivity index (χ1) is 12.1. The first kappa shape index (κ1) is 16.4. The molecule has 1 amide bonds. The molecule has 130 valence electrons. The first-order valence-corrected chi connectivity index (χ1v) is 8.97. The van der Waals surface area contributed by atoms with Crippen LogP contribution in [0.15, 0.2) is 42.5 Å². The van der Waals surface area contributed by atoms with Crippen LogP contribution in [0.2, 0.25) is 5.02 Å². The maximum absolute atomic E-state index is 13.2. The number of hydrogen-bond acceptors (Lipinski definition) is 3. The van der Waals surface area contributed by atoms with Crippen molar-refractivity contribution in [1.82, 2.24) is 4.90 Å². The Bertz CT molecular complexity index is 823. The maximum Gasteiger partial charge on any atom is 0.246 e. The van der Waals surface area contributed by atoms with Crippen LogP contribution in [0.4, 0.5) is 5.69 Å². The molecule has 4 rings (SSSR count). The summed E-state index contributed by atoms with van der Waals surface area (Å²) in [6.45, 7) is 3.00. The zero-order chi connectivity index (χ0) is 17.6. The van der Waals surface area contributed by atoms with E-state index in [1.54, 1.807) is 13.2 Å². The van der Waals surface area contributed by atoms with E-state index in [1.807, 2.05) is 23.1 Å². The number of anilines is 1. The number of rotatable bonds is 3. The normalized spacial score (nSPS) is 23.2. The van der Waals surface area contributed by atoms with Gasteiger partial charge in [0.1, 0.15) is 11.9 Å². The number of halogens is 1. The van der Waals surface area contributed by atoms with E-state index in [-0.39, 0.29) is 18.1 Å². The number of nitrogens with zero attached hydrogens (tertiary/aromatic N) is 2. The van der Waals surface area contributed by atoms with Crippen molar-refractivity contribution < 1.29 is 9.53 Å². The van der Waals surface area contributed by atoms with Gasteiger partial charge in [-0.25, -0.2) is 0 Å². The lowest BCUT2D eigenvalue weighted by Crippen LogP contribution is -2.32. The summed E-state index contributed by atoms with van der Waals surface area (Å²) in [6, 6.07) is 13.7. The minimum atomic E-state index is -0.118. The second-order valence-corrected chi connectivity index (χ2v) is 7.14. The third-order valence-corrected chi connectivity index (χ3v) is 5.35. The zero-order valence-corrected chi connectivity index (χ0v) is 15.2. The topological polar surface area (TPSA) is 32.8 Å². The van der Waals surface area contributed by atoms with Crippen LogP contribution in [0.25, 0.3) is 0 Å². The number of fused-ring (bicyclic) bond motifs is 1. The monoisotopic (exact) mass is 356 g/mol. The van der Waals surface area contributed by atoms with E-state index in [1.165, 1.54) is 5.56 Å². The van der Waals surface area contributed by atoms with E-state index in [9.17, 15) is 4.79 Å². The molecular formula is C20H21ClN2O2. The minimum Gasteiger partial charge on any atom is -0.495 e. The summed E-state index contributed by atoms with van der Waals surface area (Å²) in [5, 5.41) is 0.596. The van der Waals surface area contributed by atoms with Crippen LogP contribution in [0, 0.1) is 6.92 Å². The van der Waals surface area contributed by atoms with Gasteiger partial charge in [-0.3, -0.25) is 14.6 Å². The average molecular weight is 357 g/mol. The van der Waals surface area contributed by atoms with Crippen LogP contribution < -0.4 is 9.64 Å². The van der Waals surface area contributed by atoms with Crippen molar-refractivity contribution in [1.29, 1.82) is 0 Å². The van der Waals surface area contributed by atoms with Gasteiger partial charge in [0.15, 0.2) is 0 Å². The van der Waals surface area contributed by atoms with Crippen molar-refractivity contribution in [3.63, 3.8) is 0 Å². The Kier molecular flexibility index (Phi) is 4.18. The standard InChI is InChI=1S/C20H21ClN2O2/c1-13-5-3-6-14(11-13)19-22-10-4-7-16(22)20(24)23(19)17-12-15(21)8-9-18(17)25-2/h3,5-6,8-9,11-12,16,19H,4,7,10H2,1-2H3/t16-,19+/m0/s1. The highest BCUT2D eigenvalue weighted by Crippen LogP contribution is 2.45. The van der Waals surface area contributed by atoms with E-state index in [0.717, 1.165) is 30.6 Å². The molecule has 0 N–H and O–H groups in total. The van der Waals surface area contributed by atoms with Crippen LogP contribution in [-0.2, 0) is 4.79 Å². The second kappa shape index (κ2) is 6.36. The number of carbonyl (C=O) groups excluding carboxylic acids is 1. The summed E-state index contributed by atoms with van der Waals surface area (Å²) in [5.41, 5.74) is 3.05. The highest BCUT2D eigenvalue weighted by Gasteiger charge is 2.50. The Morgan fingerprint density at radius 1 is 1.20 bits per heavy atom. The number of carbonyl (C=O) groups is 1. The molecule has 0 spiro atoms. The predicted octanol–water partition coefficient (Wildman–Crippen LogP) is 4.17. The quantitative estimate of drug-likeness (QED) is 0.827. The van der Waals surface area contributed by atoms with Gasteiger partial charge in [0.05, 0.1) is 18.8 Å². The molecule has 4 nitrogen and oxygen atoms in total. The van der Waals surface area contributed by atoms with Crippen molar-refractivity contribution in [3.05, 3.63) is 58.6 Å². The number of ether oxygens (including phenoxy) is 1. The van der Waals surface area contributed by atoms with Crippen molar-refractivity contribution in [3.8, 4) is 5.75 Å². The Labute approximate surface area is 152 Å². The Morgan fingerprint density at radius 3 is 2.80 bits per heavy atom. The van der Waals surface area contributed by atoms with E-state index < -0.39 is 0 Å². The molecule has 0 aliphatic carbocycles. The van der Waals surface area contributed by atoms with E-state index in [0.29, 0.717) is 10.8 Å². The van der Waals surface area contributed by atoms with Gasteiger partial charge in [-0.2, -0.15) is 0 Å². The number of aryl methyl sites for hydroxylation is 1. The van der Waals surface area contributed by atoms with Crippen molar-refractivity contribution >= 4 is 23.2 Å². The van der Waals surface area contributed by atoms with E-state index in [4.69, 9.17) is 16.3 Å². The van der Waals surface area contributed by atoms with Gasteiger partial charge >= 0.3 is 0 Å². The number of amides is 1. The van der Waals surface area contributed by atoms with Gasteiger partial charge in [0.2, 0.25) is 5.91 Å². The molecule has 0 radical (unpaired) electrons. The Balaban J connectivity index is 1.87.